The molecule has 1 amide bonds. The molecule has 0 spiro atoms. The van der Waals surface area contributed by atoms with Crippen molar-refractivity contribution in [3.8, 4) is 23.8 Å². The first kappa shape index (κ1) is 19.0. The summed E-state index contributed by atoms with van der Waals surface area (Å²) in [5.74, 6) is 3.39. The lowest BCUT2D eigenvalue weighted by Crippen LogP contribution is -2.27. The molecule has 0 aliphatic carbocycles. The van der Waals surface area contributed by atoms with Crippen molar-refractivity contribution in [1.29, 1.82) is 0 Å². The standard InChI is InChI=1S/C21H17NO3S2/c1-4-10-25-17-9-8-15(12-18(17)24-3)13-19-20(23)22(21(26)27-19)16-7-5-6-14(2)11-16/h1,5-9,11-13H,10H2,2-3H3/b19-13+. The first-order valence-electron chi connectivity index (χ1n) is 8.12. The molecule has 0 bridgehead atoms. The van der Waals surface area contributed by atoms with Crippen LogP contribution in [-0.4, -0.2) is 23.9 Å². The van der Waals surface area contributed by atoms with E-state index in [-0.39, 0.29) is 12.5 Å². The maximum Gasteiger partial charge on any atom is 0.270 e. The Labute approximate surface area is 168 Å². The van der Waals surface area contributed by atoms with Crippen molar-refractivity contribution in [2.45, 2.75) is 6.92 Å². The molecular weight excluding hydrogens is 378 g/mol. The number of thioether (sulfide) groups is 1. The fraction of sp³-hybridized carbons (Fsp3) is 0.143. The molecule has 0 aromatic heterocycles. The van der Waals surface area contributed by atoms with E-state index in [1.165, 1.54) is 11.8 Å². The average Bonchev–Trinajstić information content (AvgIpc) is 2.93. The normalized spacial score (nSPS) is 15.1. The van der Waals surface area contributed by atoms with Crippen LogP contribution in [0.25, 0.3) is 6.08 Å². The molecule has 1 saturated heterocycles. The molecule has 27 heavy (non-hydrogen) atoms. The topological polar surface area (TPSA) is 38.8 Å². The number of benzene rings is 2. The van der Waals surface area contributed by atoms with Gasteiger partial charge in [-0.05, 0) is 48.4 Å². The van der Waals surface area contributed by atoms with Crippen LogP contribution in [0.2, 0.25) is 0 Å². The minimum absolute atomic E-state index is 0.137. The average molecular weight is 396 g/mol. The number of carbonyl (C=O) groups is 1. The van der Waals surface area contributed by atoms with E-state index < -0.39 is 0 Å². The summed E-state index contributed by atoms with van der Waals surface area (Å²) in [6.07, 6.45) is 7.02. The molecule has 1 heterocycles. The molecule has 4 nitrogen and oxygen atoms in total. The zero-order chi connectivity index (χ0) is 19.4. The minimum Gasteiger partial charge on any atom is -0.493 e. The third kappa shape index (κ3) is 4.16. The van der Waals surface area contributed by atoms with Gasteiger partial charge in [0, 0.05) is 0 Å². The van der Waals surface area contributed by atoms with Crippen molar-refractivity contribution in [3.63, 3.8) is 0 Å². The van der Waals surface area contributed by atoms with E-state index in [2.05, 4.69) is 5.92 Å². The third-order valence-corrected chi connectivity index (χ3v) is 5.15. The van der Waals surface area contributed by atoms with Crippen LogP contribution >= 0.6 is 24.0 Å². The summed E-state index contributed by atoms with van der Waals surface area (Å²) in [4.78, 5) is 15.0. The molecule has 2 aromatic carbocycles. The molecule has 1 aliphatic heterocycles. The monoisotopic (exact) mass is 395 g/mol. The largest absolute Gasteiger partial charge is 0.493 e. The second-order valence-corrected chi connectivity index (χ2v) is 7.43. The van der Waals surface area contributed by atoms with E-state index >= 15 is 0 Å². The highest BCUT2D eigenvalue weighted by Crippen LogP contribution is 2.37. The van der Waals surface area contributed by atoms with Crippen molar-refractivity contribution in [2.24, 2.45) is 0 Å². The second kappa shape index (κ2) is 8.30. The number of anilines is 1. The molecule has 0 saturated carbocycles. The van der Waals surface area contributed by atoms with Gasteiger partial charge in [-0.2, -0.15) is 0 Å². The van der Waals surface area contributed by atoms with E-state index in [9.17, 15) is 4.79 Å². The maximum absolute atomic E-state index is 12.9. The molecular formula is C21H17NO3S2. The van der Waals surface area contributed by atoms with Crippen LogP contribution < -0.4 is 14.4 Å². The predicted molar refractivity (Wildman–Crippen MR) is 114 cm³/mol. The molecule has 0 atom stereocenters. The molecule has 0 unspecified atom stereocenters. The molecule has 2 aromatic rings. The number of thiocarbonyl (C=S) groups is 1. The van der Waals surface area contributed by atoms with Crippen LogP contribution in [0.1, 0.15) is 11.1 Å². The van der Waals surface area contributed by atoms with Gasteiger partial charge < -0.3 is 9.47 Å². The Morgan fingerprint density at radius 2 is 2.07 bits per heavy atom. The molecule has 1 fully saturated rings. The summed E-state index contributed by atoms with van der Waals surface area (Å²) in [5.41, 5.74) is 2.65. The second-order valence-electron chi connectivity index (χ2n) is 5.76. The van der Waals surface area contributed by atoms with Gasteiger partial charge in [0.2, 0.25) is 0 Å². The molecule has 0 N–H and O–H groups in total. The van der Waals surface area contributed by atoms with Crippen molar-refractivity contribution >= 4 is 46.0 Å². The van der Waals surface area contributed by atoms with Gasteiger partial charge in [0.1, 0.15) is 6.61 Å². The van der Waals surface area contributed by atoms with Gasteiger partial charge in [0.25, 0.3) is 5.91 Å². The fourth-order valence-corrected chi connectivity index (χ4v) is 3.92. The Bertz CT molecular complexity index is 976. The third-order valence-electron chi connectivity index (χ3n) is 3.85. The van der Waals surface area contributed by atoms with Crippen LogP contribution in [0.5, 0.6) is 11.5 Å². The summed E-state index contributed by atoms with van der Waals surface area (Å²) in [5, 5.41) is 0. The SMILES string of the molecule is C#CCOc1ccc(/C=C2/SC(=S)N(c3cccc(C)c3)C2=O)cc1OC. The lowest BCUT2D eigenvalue weighted by molar-refractivity contribution is -0.113. The molecule has 1 aliphatic rings. The number of rotatable bonds is 5. The predicted octanol–water partition coefficient (Wildman–Crippen LogP) is 4.42. The molecule has 6 heteroatoms. The first-order valence-corrected chi connectivity index (χ1v) is 9.35. The van der Waals surface area contributed by atoms with Crippen LogP contribution in [0.15, 0.2) is 47.4 Å². The first-order chi connectivity index (χ1) is 13.0. The highest BCUT2D eigenvalue weighted by Gasteiger charge is 2.33. The fourth-order valence-electron chi connectivity index (χ4n) is 2.62. The number of hydrogen-bond acceptors (Lipinski definition) is 5. The number of amides is 1. The molecule has 3 rings (SSSR count). The zero-order valence-electron chi connectivity index (χ0n) is 14.9. The van der Waals surface area contributed by atoms with Crippen LogP contribution in [-0.2, 0) is 4.79 Å². The summed E-state index contributed by atoms with van der Waals surface area (Å²) in [6.45, 7) is 2.14. The Kier molecular flexibility index (Phi) is 5.84. The highest BCUT2D eigenvalue weighted by atomic mass is 32.2. The minimum atomic E-state index is -0.137. The quantitative estimate of drug-likeness (QED) is 0.426. The number of methoxy groups -OCH3 is 1. The summed E-state index contributed by atoms with van der Waals surface area (Å²) >= 11 is 6.70. The number of carbonyl (C=O) groups excluding carboxylic acids is 1. The van der Waals surface area contributed by atoms with E-state index in [0.717, 1.165) is 16.8 Å². The number of aryl methyl sites for hydroxylation is 1. The lowest BCUT2D eigenvalue weighted by Gasteiger charge is -2.14. The van der Waals surface area contributed by atoms with Gasteiger partial charge >= 0.3 is 0 Å². The van der Waals surface area contributed by atoms with E-state index in [1.54, 1.807) is 30.2 Å². The summed E-state index contributed by atoms with van der Waals surface area (Å²) in [7, 11) is 1.55. The van der Waals surface area contributed by atoms with Gasteiger partial charge in [-0.25, -0.2) is 0 Å². The summed E-state index contributed by atoms with van der Waals surface area (Å²) < 4.78 is 11.3. The van der Waals surface area contributed by atoms with Crippen LogP contribution in [0, 0.1) is 19.3 Å². The van der Waals surface area contributed by atoms with Gasteiger partial charge in [-0.1, -0.05) is 48.1 Å². The number of nitrogens with zero attached hydrogens (tertiary/aromatic N) is 1. The van der Waals surface area contributed by atoms with E-state index in [1.807, 2.05) is 37.3 Å². The highest BCUT2D eigenvalue weighted by molar-refractivity contribution is 8.27. The van der Waals surface area contributed by atoms with Crippen molar-refractivity contribution in [1.82, 2.24) is 0 Å². The van der Waals surface area contributed by atoms with E-state index in [0.29, 0.717) is 20.7 Å². The van der Waals surface area contributed by atoms with Gasteiger partial charge in [-0.3, -0.25) is 9.69 Å². The lowest BCUT2D eigenvalue weighted by atomic mass is 10.1. The summed E-state index contributed by atoms with van der Waals surface area (Å²) in [6, 6.07) is 13.1. The van der Waals surface area contributed by atoms with Crippen molar-refractivity contribution in [2.75, 3.05) is 18.6 Å². The van der Waals surface area contributed by atoms with E-state index in [4.69, 9.17) is 28.1 Å². The maximum atomic E-state index is 12.9. The Morgan fingerprint density at radius 1 is 1.26 bits per heavy atom. The van der Waals surface area contributed by atoms with Gasteiger partial charge in [-0.15, -0.1) is 6.42 Å². The smallest absolute Gasteiger partial charge is 0.270 e. The molecule has 136 valence electrons. The van der Waals surface area contributed by atoms with Gasteiger partial charge in [0.15, 0.2) is 15.8 Å². The van der Waals surface area contributed by atoms with Crippen LogP contribution in [0.3, 0.4) is 0 Å². The number of ether oxygens (including phenoxy) is 2. The van der Waals surface area contributed by atoms with Crippen molar-refractivity contribution in [3.05, 3.63) is 58.5 Å². The van der Waals surface area contributed by atoms with Crippen molar-refractivity contribution < 1.29 is 14.3 Å². The molecule has 0 radical (unpaired) electrons. The Balaban J connectivity index is 1.88. The number of hydrogen-bond donors (Lipinski definition) is 0. The van der Waals surface area contributed by atoms with Crippen LogP contribution in [0.4, 0.5) is 5.69 Å². The Hall–Kier alpha value is -2.75. The number of terminal acetylenes is 1. The zero-order valence-corrected chi connectivity index (χ0v) is 16.5. The van der Waals surface area contributed by atoms with Gasteiger partial charge in [0.05, 0.1) is 17.7 Å². The Morgan fingerprint density at radius 3 is 2.78 bits per heavy atom.